The van der Waals surface area contributed by atoms with Crippen LogP contribution < -0.4 is 4.74 Å². The second-order valence-corrected chi connectivity index (χ2v) is 4.40. The summed E-state index contributed by atoms with van der Waals surface area (Å²) in [4.78, 5) is 11.2. The smallest absolute Gasteiger partial charge is 0.308 e. The summed E-state index contributed by atoms with van der Waals surface area (Å²) in [5.41, 5.74) is 2.87. The molecule has 0 aliphatic heterocycles. The van der Waals surface area contributed by atoms with E-state index in [1.54, 1.807) is 0 Å². The molecule has 1 aromatic carbocycles. The first-order valence-electron chi connectivity index (χ1n) is 6.18. The third-order valence-corrected chi connectivity index (χ3v) is 2.90. The molecule has 2 rings (SSSR count). The van der Waals surface area contributed by atoms with E-state index in [0.29, 0.717) is 12.2 Å². The van der Waals surface area contributed by atoms with Gasteiger partial charge in [-0.05, 0) is 36.6 Å². The minimum atomic E-state index is -0.360. The van der Waals surface area contributed by atoms with Gasteiger partial charge in [0, 0.05) is 32.0 Å². The van der Waals surface area contributed by atoms with Gasteiger partial charge in [0.2, 0.25) is 0 Å². The fourth-order valence-corrected chi connectivity index (χ4v) is 2.08. The molecular weight excluding hydrogens is 242 g/mol. The molecule has 1 N–H and O–H groups in total. The van der Waals surface area contributed by atoms with E-state index >= 15 is 0 Å². The van der Waals surface area contributed by atoms with Crippen molar-refractivity contribution < 1.29 is 14.6 Å². The second kappa shape index (κ2) is 5.71. The van der Waals surface area contributed by atoms with E-state index in [4.69, 9.17) is 9.84 Å². The molecule has 0 bridgehead atoms. The van der Waals surface area contributed by atoms with Crippen LogP contribution in [0.25, 0.3) is 5.69 Å². The van der Waals surface area contributed by atoms with Gasteiger partial charge in [0.25, 0.3) is 0 Å². The fraction of sp³-hybridized carbons (Fsp3) is 0.267. The monoisotopic (exact) mass is 259 g/mol. The Kier molecular flexibility index (Phi) is 4.02. The highest BCUT2D eigenvalue weighted by Gasteiger charge is 2.11. The number of hydrogen-bond donors (Lipinski definition) is 1. The predicted molar refractivity (Wildman–Crippen MR) is 72.6 cm³/mol. The Morgan fingerprint density at radius 2 is 2.00 bits per heavy atom. The zero-order valence-electron chi connectivity index (χ0n) is 11.1. The Balaban J connectivity index is 2.49. The van der Waals surface area contributed by atoms with Crippen LogP contribution in [0.1, 0.15) is 18.1 Å². The van der Waals surface area contributed by atoms with Gasteiger partial charge in [-0.1, -0.05) is 6.07 Å². The maximum atomic E-state index is 11.2. The normalized spacial score (nSPS) is 10.5. The molecule has 1 aromatic heterocycles. The van der Waals surface area contributed by atoms with E-state index in [1.165, 1.54) is 6.92 Å². The van der Waals surface area contributed by atoms with Crippen molar-refractivity contribution in [2.24, 2.45) is 0 Å². The van der Waals surface area contributed by atoms with Gasteiger partial charge in [-0.2, -0.15) is 0 Å². The predicted octanol–water partition coefficient (Wildman–Crippen LogP) is 2.25. The number of aromatic nitrogens is 1. The highest BCUT2D eigenvalue weighted by Crippen LogP contribution is 2.27. The van der Waals surface area contributed by atoms with Gasteiger partial charge in [0.05, 0.1) is 5.69 Å². The molecule has 0 spiro atoms. The topological polar surface area (TPSA) is 51.5 Å². The summed E-state index contributed by atoms with van der Waals surface area (Å²) < 4.78 is 7.19. The van der Waals surface area contributed by atoms with Gasteiger partial charge >= 0.3 is 5.97 Å². The molecule has 100 valence electrons. The maximum absolute atomic E-state index is 11.2. The molecule has 0 saturated heterocycles. The number of carbonyl (C=O) groups is 1. The van der Waals surface area contributed by atoms with Crippen molar-refractivity contribution in [2.45, 2.75) is 20.3 Å². The Morgan fingerprint density at radius 1 is 1.32 bits per heavy atom. The number of carbonyl (C=O) groups excluding carboxylic acids is 1. The third-order valence-electron chi connectivity index (χ3n) is 2.90. The molecule has 2 aromatic rings. The Labute approximate surface area is 112 Å². The minimum Gasteiger partial charge on any atom is -0.426 e. The SMILES string of the molecule is CC(=O)Oc1cc(-n2cccc2)c(C)cc1CCO. The van der Waals surface area contributed by atoms with Gasteiger partial charge in [-0.25, -0.2) is 0 Å². The van der Waals surface area contributed by atoms with E-state index in [-0.39, 0.29) is 12.6 Å². The van der Waals surface area contributed by atoms with E-state index in [9.17, 15) is 4.79 Å². The Bertz CT molecular complexity index is 573. The lowest BCUT2D eigenvalue weighted by Crippen LogP contribution is -2.07. The van der Waals surface area contributed by atoms with Crippen molar-refractivity contribution >= 4 is 5.97 Å². The lowest BCUT2D eigenvalue weighted by atomic mass is 10.1. The molecule has 0 radical (unpaired) electrons. The molecule has 0 saturated carbocycles. The standard InChI is InChI=1S/C15H17NO3/c1-11-9-13(5-8-17)15(19-12(2)18)10-14(11)16-6-3-4-7-16/h3-4,6-7,9-10,17H,5,8H2,1-2H3. The molecule has 4 heteroatoms. The van der Waals surface area contributed by atoms with Crippen LogP contribution in [-0.2, 0) is 11.2 Å². The number of aryl methyl sites for hydroxylation is 1. The molecule has 0 aliphatic carbocycles. The van der Waals surface area contributed by atoms with Crippen LogP contribution in [0.3, 0.4) is 0 Å². The quantitative estimate of drug-likeness (QED) is 0.676. The largest absolute Gasteiger partial charge is 0.426 e. The number of ether oxygens (including phenoxy) is 1. The van der Waals surface area contributed by atoms with Crippen LogP contribution in [0.5, 0.6) is 5.75 Å². The zero-order valence-corrected chi connectivity index (χ0v) is 11.1. The maximum Gasteiger partial charge on any atom is 0.308 e. The first-order valence-corrected chi connectivity index (χ1v) is 6.18. The summed E-state index contributed by atoms with van der Waals surface area (Å²) in [6, 6.07) is 7.66. The van der Waals surface area contributed by atoms with Crippen molar-refractivity contribution in [1.82, 2.24) is 4.57 Å². The Morgan fingerprint density at radius 3 is 2.58 bits per heavy atom. The molecule has 1 heterocycles. The first-order chi connectivity index (χ1) is 9.11. The lowest BCUT2D eigenvalue weighted by molar-refractivity contribution is -0.131. The summed E-state index contributed by atoms with van der Waals surface area (Å²) in [6.07, 6.45) is 4.34. The Hall–Kier alpha value is -2.07. The van der Waals surface area contributed by atoms with E-state index < -0.39 is 0 Å². The van der Waals surface area contributed by atoms with Crippen molar-refractivity contribution in [1.29, 1.82) is 0 Å². The lowest BCUT2D eigenvalue weighted by Gasteiger charge is -2.14. The molecule has 19 heavy (non-hydrogen) atoms. The highest BCUT2D eigenvalue weighted by atomic mass is 16.5. The van der Waals surface area contributed by atoms with E-state index in [1.807, 2.05) is 48.1 Å². The average Bonchev–Trinajstić information content (AvgIpc) is 2.85. The van der Waals surface area contributed by atoms with Crippen molar-refractivity contribution in [2.75, 3.05) is 6.61 Å². The zero-order chi connectivity index (χ0) is 13.8. The van der Waals surface area contributed by atoms with Gasteiger partial charge < -0.3 is 14.4 Å². The van der Waals surface area contributed by atoms with Crippen molar-refractivity contribution in [3.8, 4) is 11.4 Å². The summed E-state index contributed by atoms with van der Waals surface area (Å²) in [5.74, 6) is 0.150. The number of hydrogen-bond acceptors (Lipinski definition) is 3. The highest BCUT2D eigenvalue weighted by molar-refractivity contribution is 5.70. The summed E-state index contributed by atoms with van der Waals surface area (Å²) in [5, 5.41) is 9.08. The van der Waals surface area contributed by atoms with Crippen LogP contribution in [0.2, 0.25) is 0 Å². The van der Waals surface area contributed by atoms with Crippen LogP contribution in [0.4, 0.5) is 0 Å². The van der Waals surface area contributed by atoms with Crippen LogP contribution in [0.15, 0.2) is 36.7 Å². The van der Waals surface area contributed by atoms with Gasteiger partial charge in [-0.3, -0.25) is 4.79 Å². The number of aliphatic hydroxyl groups is 1. The van der Waals surface area contributed by atoms with Gasteiger partial charge in [-0.15, -0.1) is 0 Å². The third kappa shape index (κ3) is 3.03. The first kappa shape index (κ1) is 13.4. The number of esters is 1. The van der Waals surface area contributed by atoms with Crippen LogP contribution in [0, 0.1) is 6.92 Å². The number of aliphatic hydroxyl groups excluding tert-OH is 1. The van der Waals surface area contributed by atoms with Gasteiger partial charge in [0.15, 0.2) is 0 Å². The van der Waals surface area contributed by atoms with Crippen LogP contribution in [-0.4, -0.2) is 22.2 Å². The summed E-state index contributed by atoms with van der Waals surface area (Å²) in [6.45, 7) is 3.39. The van der Waals surface area contributed by atoms with Crippen molar-refractivity contribution in [3.05, 3.63) is 47.8 Å². The fourth-order valence-electron chi connectivity index (χ4n) is 2.08. The number of nitrogens with zero attached hydrogens (tertiary/aromatic N) is 1. The summed E-state index contributed by atoms with van der Waals surface area (Å²) in [7, 11) is 0. The molecular formula is C15H17NO3. The molecule has 0 amide bonds. The molecule has 0 fully saturated rings. The number of rotatable bonds is 4. The molecule has 0 atom stereocenters. The second-order valence-electron chi connectivity index (χ2n) is 4.40. The van der Waals surface area contributed by atoms with E-state index in [2.05, 4.69) is 0 Å². The molecule has 0 unspecified atom stereocenters. The number of benzene rings is 1. The van der Waals surface area contributed by atoms with Crippen LogP contribution >= 0.6 is 0 Å². The molecule has 0 aliphatic rings. The average molecular weight is 259 g/mol. The van der Waals surface area contributed by atoms with Crippen molar-refractivity contribution in [3.63, 3.8) is 0 Å². The van der Waals surface area contributed by atoms with E-state index in [0.717, 1.165) is 16.8 Å². The summed E-state index contributed by atoms with van der Waals surface area (Å²) >= 11 is 0. The molecule has 4 nitrogen and oxygen atoms in total. The van der Waals surface area contributed by atoms with Gasteiger partial charge in [0.1, 0.15) is 5.75 Å². The minimum absolute atomic E-state index is 0.0244.